The highest BCUT2D eigenvalue weighted by Crippen LogP contribution is 2.24. The number of rotatable bonds is 1. The smallest absolute Gasteiger partial charge is 0.140 e. The Bertz CT molecular complexity index is 550. The second-order valence-electron chi connectivity index (χ2n) is 4.39. The van der Waals surface area contributed by atoms with Crippen molar-refractivity contribution in [1.82, 2.24) is 9.55 Å². The highest BCUT2D eigenvalue weighted by atomic mass is 19.1. The monoisotopic (exact) mass is 232 g/mol. The number of imidazole rings is 1. The van der Waals surface area contributed by atoms with Gasteiger partial charge in [0, 0.05) is 17.5 Å². The molecular weight excluding hydrogens is 219 g/mol. The van der Waals surface area contributed by atoms with E-state index in [9.17, 15) is 9.50 Å². The number of halogens is 1. The largest absolute Gasteiger partial charge is 0.391 e. The lowest BCUT2D eigenvalue weighted by molar-refractivity contribution is 0.132. The van der Waals surface area contributed by atoms with Crippen LogP contribution in [0, 0.1) is 5.82 Å². The van der Waals surface area contributed by atoms with E-state index in [4.69, 9.17) is 0 Å². The molecule has 2 aromatic rings. The first-order valence-electron chi connectivity index (χ1n) is 5.72. The van der Waals surface area contributed by atoms with E-state index < -0.39 is 0 Å². The third-order valence-electron chi connectivity index (χ3n) is 3.15. The second kappa shape index (κ2) is 3.96. The molecule has 1 aromatic carbocycles. The first-order valence-corrected chi connectivity index (χ1v) is 5.72. The summed E-state index contributed by atoms with van der Waals surface area (Å²) in [6.45, 7) is 0.543. The van der Waals surface area contributed by atoms with Crippen LogP contribution in [0.15, 0.2) is 30.5 Å². The summed E-state index contributed by atoms with van der Waals surface area (Å²) < 4.78 is 15.2. The van der Waals surface area contributed by atoms with Gasteiger partial charge in [0.2, 0.25) is 0 Å². The Morgan fingerprint density at radius 2 is 2.29 bits per heavy atom. The van der Waals surface area contributed by atoms with E-state index >= 15 is 0 Å². The fourth-order valence-electron chi connectivity index (χ4n) is 2.29. The van der Waals surface area contributed by atoms with Gasteiger partial charge in [-0.2, -0.15) is 0 Å². The van der Waals surface area contributed by atoms with E-state index in [-0.39, 0.29) is 11.9 Å². The lowest BCUT2D eigenvalue weighted by Gasteiger charge is -2.21. The minimum atomic E-state index is -0.330. The third-order valence-corrected chi connectivity index (χ3v) is 3.15. The molecule has 0 spiro atoms. The van der Waals surface area contributed by atoms with Crippen molar-refractivity contribution in [2.45, 2.75) is 25.5 Å². The molecule has 0 radical (unpaired) electrons. The molecule has 17 heavy (non-hydrogen) atoms. The highest BCUT2D eigenvalue weighted by molar-refractivity contribution is 5.56. The summed E-state index contributed by atoms with van der Waals surface area (Å²) in [6.07, 6.45) is 3.08. The Morgan fingerprint density at radius 1 is 1.41 bits per heavy atom. The number of aliphatic hydroxyl groups excluding tert-OH is 1. The molecular formula is C13H13FN2O. The molecule has 88 valence electrons. The summed E-state index contributed by atoms with van der Waals surface area (Å²) in [7, 11) is 0. The molecule has 0 bridgehead atoms. The summed E-state index contributed by atoms with van der Waals surface area (Å²) in [5.74, 6) is 0.467. The van der Waals surface area contributed by atoms with Crippen molar-refractivity contribution in [2.75, 3.05) is 0 Å². The first kappa shape index (κ1) is 10.5. The van der Waals surface area contributed by atoms with Crippen LogP contribution in [0.25, 0.3) is 11.4 Å². The summed E-state index contributed by atoms with van der Waals surface area (Å²) in [6, 6.07) is 6.39. The van der Waals surface area contributed by atoms with Gasteiger partial charge in [0.15, 0.2) is 0 Å². The van der Waals surface area contributed by atoms with Gasteiger partial charge < -0.3 is 9.67 Å². The van der Waals surface area contributed by atoms with Crippen LogP contribution >= 0.6 is 0 Å². The Morgan fingerprint density at radius 3 is 3.12 bits per heavy atom. The van der Waals surface area contributed by atoms with Gasteiger partial charge in [-0.25, -0.2) is 9.37 Å². The third kappa shape index (κ3) is 1.85. The Labute approximate surface area is 98.5 Å². The minimum absolute atomic E-state index is 0.267. The lowest BCUT2D eigenvalue weighted by atomic mass is 10.1. The van der Waals surface area contributed by atoms with Gasteiger partial charge in [-0.1, -0.05) is 12.1 Å². The van der Waals surface area contributed by atoms with E-state index in [0.717, 1.165) is 29.9 Å². The Hall–Kier alpha value is -1.68. The molecule has 3 rings (SSSR count). The molecule has 0 saturated heterocycles. The van der Waals surface area contributed by atoms with Gasteiger partial charge in [0.25, 0.3) is 0 Å². The van der Waals surface area contributed by atoms with Crippen LogP contribution in [0.2, 0.25) is 0 Å². The quantitative estimate of drug-likeness (QED) is 0.816. The minimum Gasteiger partial charge on any atom is -0.391 e. The molecule has 4 heteroatoms. The predicted octanol–water partition coefficient (Wildman–Crippen LogP) is 2.00. The van der Waals surface area contributed by atoms with Crippen LogP contribution < -0.4 is 0 Å². The zero-order valence-corrected chi connectivity index (χ0v) is 9.31. The van der Waals surface area contributed by atoms with Gasteiger partial charge >= 0.3 is 0 Å². The molecule has 1 N–H and O–H groups in total. The van der Waals surface area contributed by atoms with Crippen LogP contribution in [0.3, 0.4) is 0 Å². The van der Waals surface area contributed by atoms with E-state index in [1.54, 1.807) is 6.07 Å². The molecule has 1 aliphatic rings. The molecule has 1 aliphatic heterocycles. The molecule has 3 nitrogen and oxygen atoms in total. The average Bonchev–Trinajstić information content (AvgIpc) is 2.71. The zero-order valence-electron chi connectivity index (χ0n) is 9.31. The Balaban J connectivity index is 2.07. The predicted molar refractivity (Wildman–Crippen MR) is 61.9 cm³/mol. The van der Waals surface area contributed by atoms with Gasteiger partial charge in [0.05, 0.1) is 12.6 Å². The van der Waals surface area contributed by atoms with E-state index in [1.807, 2.05) is 16.8 Å². The second-order valence-corrected chi connectivity index (χ2v) is 4.39. The molecule has 0 saturated carbocycles. The van der Waals surface area contributed by atoms with Crippen molar-refractivity contribution in [1.29, 1.82) is 0 Å². The van der Waals surface area contributed by atoms with Crippen molar-refractivity contribution in [2.24, 2.45) is 0 Å². The number of aryl methyl sites for hydroxylation is 1. The van der Waals surface area contributed by atoms with Crippen molar-refractivity contribution < 1.29 is 9.50 Å². The van der Waals surface area contributed by atoms with Gasteiger partial charge in [-0.3, -0.25) is 0 Å². The molecule has 2 heterocycles. The van der Waals surface area contributed by atoms with Crippen LogP contribution in [-0.2, 0) is 13.0 Å². The SMILES string of the molecule is OC1CCc2cnc(-c3cccc(F)c3)n2C1. The van der Waals surface area contributed by atoms with Crippen molar-refractivity contribution in [3.8, 4) is 11.4 Å². The van der Waals surface area contributed by atoms with Crippen molar-refractivity contribution in [3.05, 3.63) is 42.0 Å². The number of hydrogen-bond acceptors (Lipinski definition) is 2. The highest BCUT2D eigenvalue weighted by Gasteiger charge is 2.20. The van der Waals surface area contributed by atoms with Gasteiger partial charge in [0.1, 0.15) is 11.6 Å². The zero-order chi connectivity index (χ0) is 11.8. The fourth-order valence-corrected chi connectivity index (χ4v) is 2.29. The molecule has 1 unspecified atom stereocenters. The molecule has 0 fully saturated rings. The molecule has 1 aromatic heterocycles. The maximum absolute atomic E-state index is 13.2. The van der Waals surface area contributed by atoms with Gasteiger partial charge in [-0.05, 0) is 25.0 Å². The number of hydrogen-bond donors (Lipinski definition) is 1. The topological polar surface area (TPSA) is 38.1 Å². The number of benzene rings is 1. The van der Waals surface area contributed by atoms with Crippen LogP contribution in [0.5, 0.6) is 0 Å². The van der Waals surface area contributed by atoms with E-state index in [2.05, 4.69) is 4.98 Å². The molecule has 0 aliphatic carbocycles. The first-order chi connectivity index (χ1) is 8.24. The summed E-state index contributed by atoms with van der Waals surface area (Å²) >= 11 is 0. The van der Waals surface area contributed by atoms with E-state index in [0.29, 0.717) is 6.54 Å². The summed E-state index contributed by atoms with van der Waals surface area (Å²) in [4.78, 5) is 4.33. The molecule has 1 atom stereocenters. The number of aromatic nitrogens is 2. The summed E-state index contributed by atoms with van der Waals surface area (Å²) in [5, 5.41) is 9.68. The van der Waals surface area contributed by atoms with Crippen LogP contribution in [0.1, 0.15) is 12.1 Å². The maximum Gasteiger partial charge on any atom is 0.140 e. The number of nitrogens with zero attached hydrogens (tertiary/aromatic N) is 2. The average molecular weight is 232 g/mol. The Kier molecular flexibility index (Phi) is 2.44. The lowest BCUT2D eigenvalue weighted by Crippen LogP contribution is -2.24. The summed E-state index contributed by atoms with van der Waals surface area (Å²) in [5.41, 5.74) is 1.86. The number of fused-ring (bicyclic) bond motifs is 1. The fraction of sp³-hybridized carbons (Fsp3) is 0.308. The van der Waals surface area contributed by atoms with Crippen molar-refractivity contribution >= 4 is 0 Å². The maximum atomic E-state index is 13.2. The van der Waals surface area contributed by atoms with Crippen LogP contribution in [-0.4, -0.2) is 20.8 Å². The van der Waals surface area contributed by atoms with Gasteiger partial charge in [-0.15, -0.1) is 0 Å². The number of aliphatic hydroxyl groups is 1. The normalized spacial score (nSPS) is 19.1. The van der Waals surface area contributed by atoms with Crippen molar-refractivity contribution in [3.63, 3.8) is 0 Å². The standard InChI is InChI=1S/C13H13FN2O/c14-10-3-1-2-9(6-10)13-15-7-11-4-5-12(17)8-16(11)13/h1-3,6-7,12,17H,4-5,8H2. The van der Waals surface area contributed by atoms with Crippen LogP contribution in [0.4, 0.5) is 4.39 Å². The molecule has 0 amide bonds. The van der Waals surface area contributed by atoms with E-state index in [1.165, 1.54) is 12.1 Å².